The summed E-state index contributed by atoms with van der Waals surface area (Å²) in [7, 11) is 0. The number of hydrogen-bond acceptors (Lipinski definition) is 12. The largest absolute Gasteiger partial charge is 0.481 e. The van der Waals surface area contributed by atoms with Gasteiger partial charge in [-0.2, -0.15) is 0 Å². The summed E-state index contributed by atoms with van der Waals surface area (Å²) in [6, 6.07) is 0. The highest BCUT2D eigenvalue weighted by Gasteiger charge is 2.37. The Morgan fingerprint density at radius 2 is 1.16 bits per heavy atom. The molecule has 0 aliphatic rings. The van der Waals surface area contributed by atoms with E-state index in [1.165, 1.54) is 0 Å². The molecule has 0 saturated heterocycles. The number of esters is 3. The molecule has 0 rings (SSSR count). The van der Waals surface area contributed by atoms with E-state index in [1.54, 1.807) is 0 Å². The first-order valence-corrected chi connectivity index (χ1v) is 9.22. The van der Waals surface area contributed by atoms with Crippen molar-refractivity contribution in [2.45, 2.75) is 38.1 Å². The van der Waals surface area contributed by atoms with Gasteiger partial charge in [-0.3, -0.25) is 33.6 Å². The predicted molar refractivity (Wildman–Crippen MR) is 99.6 cm³/mol. The van der Waals surface area contributed by atoms with Gasteiger partial charge in [0.25, 0.3) is 12.9 Å². The second-order valence-electron chi connectivity index (χ2n) is 6.27. The van der Waals surface area contributed by atoms with E-state index >= 15 is 0 Å². The topological polar surface area (TPSA) is 198 Å². The van der Waals surface area contributed by atoms with E-state index in [4.69, 9.17) is 19.3 Å². The second kappa shape index (κ2) is 16.0. The van der Waals surface area contributed by atoms with Crippen LogP contribution in [0.3, 0.4) is 0 Å². The fourth-order valence-corrected chi connectivity index (χ4v) is 2.07. The summed E-state index contributed by atoms with van der Waals surface area (Å²) in [5.74, 6) is -4.45. The molecule has 14 nitrogen and oxygen atoms in total. The number of aliphatic carboxylic acids is 1. The van der Waals surface area contributed by atoms with Gasteiger partial charge in [-0.15, -0.1) is 0 Å². The third-order valence-electron chi connectivity index (χ3n) is 3.50. The lowest BCUT2D eigenvalue weighted by molar-refractivity contribution is -0.160. The zero-order chi connectivity index (χ0) is 24.4. The third-order valence-corrected chi connectivity index (χ3v) is 3.50. The Labute approximate surface area is 182 Å². The molecule has 0 atom stereocenters. The maximum Gasteiger partial charge on any atom is 0.309 e. The SMILES string of the molecule is CC(=O)NC(COC(=O)CCOC=O)(COC(=O)CCOC=O)COC(=O)CCC(=O)O. The molecule has 1 amide bonds. The lowest BCUT2D eigenvalue weighted by Crippen LogP contribution is -2.59. The summed E-state index contributed by atoms with van der Waals surface area (Å²) in [6.45, 7) is -0.954. The van der Waals surface area contributed by atoms with Crippen LogP contribution in [0, 0.1) is 0 Å². The monoisotopic (exact) mass is 463 g/mol. The van der Waals surface area contributed by atoms with E-state index in [-0.39, 0.29) is 39.0 Å². The predicted octanol–water partition coefficient (Wildman–Crippen LogP) is -1.52. The third kappa shape index (κ3) is 14.3. The Hall–Kier alpha value is -3.71. The molecule has 32 heavy (non-hydrogen) atoms. The highest BCUT2D eigenvalue weighted by molar-refractivity contribution is 5.77. The second-order valence-corrected chi connectivity index (χ2v) is 6.27. The molecule has 0 aromatic heterocycles. The van der Waals surface area contributed by atoms with Crippen LogP contribution >= 0.6 is 0 Å². The number of carboxylic acid groups (broad SMARTS) is 1. The highest BCUT2D eigenvalue weighted by Crippen LogP contribution is 2.12. The molecule has 14 heteroatoms. The summed E-state index contributed by atoms with van der Waals surface area (Å²) in [6.07, 6.45) is -1.58. The van der Waals surface area contributed by atoms with Gasteiger partial charge in [0, 0.05) is 6.92 Å². The average molecular weight is 463 g/mol. The van der Waals surface area contributed by atoms with Crippen molar-refractivity contribution < 1.29 is 62.4 Å². The van der Waals surface area contributed by atoms with Crippen LogP contribution in [0.15, 0.2) is 0 Å². The molecule has 180 valence electrons. The molecule has 0 radical (unpaired) electrons. The summed E-state index contributed by atoms with van der Waals surface area (Å²) in [5.41, 5.74) is -1.70. The van der Waals surface area contributed by atoms with Crippen LogP contribution in [0.4, 0.5) is 0 Å². The first-order valence-electron chi connectivity index (χ1n) is 9.22. The molecule has 0 aromatic rings. The number of hydrogen-bond donors (Lipinski definition) is 2. The van der Waals surface area contributed by atoms with Crippen LogP contribution in [0.25, 0.3) is 0 Å². The van der Waals surface area contributed by atoms with Crippen molar-refractivity contribution in [3.63, 3.8) is 0 Å². The van der Waals surface area contributed by atoms with E-state index in [0.29, 0.717) is 0 Å². The molecular weight excluding hydrogens is 438 g/mol. The van der Waals surface area contributed by atoms with Gasteiger partial charge in [-0.05, 0) is 0 Å². The van der Waals surface area contributed by atoms with Crippen LogP contribution in [-0.2, 0) is 57.2 Å². The number of carbonyl (C=O) groups is 7. The van der Waals surface area contributed by atoms with Gasteiger partial charge in [0.1, 0.15) is 38.6 Å². The van der Waals surface area contributed by atoms with Crippen LogP contribution in [0.5, 0.6) is 0 Å². The number of carbonyl (C=O) groups excluding carboxylic acids is 6. The number of carboxylic acids is 1. The molecule has 0 spiro atoms. The van der Waals surface area contributed by atoms with E-state index < -0.39 is 68.0 Å². The number of amides is 1. The van der Waals surface area contributed by atoms with Crippen LogP contribution < -0.4 is 5.32 Å². The van der Waals surface area contributed by atoms with Crippen LogP contribution in [0.2, 0.25) is 0 Å². The van der Waals surface area contributed by atoms with E-state index in [9.17, 15) is 33.6 Å². The first kappa shape index (κ1) is 28.3. The van der Waals surface area contributed by atoms with Crippen LogP contribution in [-0.4, -0.2) is 86.4 Å². The first-order chi connectivity index (χ1) is 15.1. The smallest absolute Gasteiger partial charge is 0.309 e. The molecule has 0 fully saturated rings. The van der Waals surface area contributed by atoms with Gasteiger partial charge in [0.05, 0.1) is 25.7 Å². The molecule has 0 aliphatic carbocycles. The Morgan fingerprint density at radius 1 is 0.750 bits per heavy atom. The lowest BCUT2D eigenvalue weighted by Gasteiger charge is -2.32. The minimum atomic E-state index is -1.70. The van der Waals surface area contributed by atoms with Crippen molar-refractivity contribution in [1.29, 1.82) is 0 Å². The quantitative estimate of drug-likeness (QED) is 0.103. The molecule has 0 bridgehead atoms. The number of rotatable bonds is 18. The fourth-order valence-electron chi connectivity index (χ4n) is 2.07. The Balaban J connectivity index is 5.25. The van der Waals surface area contributed by atoms with Crippen molar-refractivity contribution in [2.24, 2.45) is 0 Å². The standard InChI is InChI=1S/C18H25NO13/c1-13(22)19-18(8-30-15(25)3-2-14(23)24,9-31-16(26)4-6-28-11-20)10-32-17(27)5-7-29-12-21/h11-12H,2-10H2,1H3,(H,19,22)(H,23,24). The highest BCUT2D eigenvalue weighted by atomic mass is 16.6. The van der Waals surface area contributed by atoms with Crippen molar-refractivity contribution in [3.05, 3.63) is 0 Å². The fraction of sp³-hybridized carbons (Fsp3) is 0.611. The van der Waals surface area contributed by atoms with Gasteiger partial charge >= 0.3 is 23.9 Å². The normalized spacial score (nSPS) is 10.3. The Bertz CT molecular complexity index is 646. The number of ether oxygens (including phenoxy) is 5. The van der Waals surface area contributed by atoms with Gasteiger partial charge in [0.15, 0.2) is 0 Å². The molecule has 0 unspecified atom stereocenters. The molecular formula is C18H25NO13. The van der Waals surface area contributed by atoms with Gasteiger partial charge < -0.3 is 34.1 Å². The van der Waals surface area contributed by atoms with Gasteiger partial charge in [-0.25, -0.2) is 0 Å². The number of nitrogens with one attached hydrogen (secondary N) is 1. The summed E-state index contributed by atoms with van der Waals surface area (Å²) in [5, 5.41) is 11.0. The van der Waals surface area contributed by atoms with Gasteiger partial charge in [0.2, 0.25) is 5.91 Å². The van der Waals surface area contributed by atoms with Crippen LogP contribution in [0.1, 0.15) is 32.6 Å². The minimum absolute atomic E-state index is 0.138. The molecule has 0 aromatic carbocycles. The maximum atomic E-state index is 11.8. The summed E-state index contributed by atoms with van der Waals surface area (Å²) < 4.78 is 23.8. The molecule has 2 N–H and O–H groups in total. The Morgan fingerprint density at radius 3 is 1.50 bits per heavy atom. The van der Waals surface area contributed by atoms with Gasteiger partial charge in [-0.1, -0.05) is 0 Å². The maximum absolute atomic E-state index is 11.8. The van der Waals surface area contributed by atoms with E-state index in [0.717, 1.165) is 6.92 Å². The van der Waals surface area contributed by atoms with Crippen molar-refractivity contribution >= 4 is 42.7 Å². The summed E-state index contributed by atoms with van der Waals surface area (Å²) in [4.78, 5) is 78.0. The zero-order valence-electron chi connectivity index (χ0n) is 17.4. The van der Waals surface area contributed by atoms with Crippen molar-refractivity contribution in [3.8, 4) is 0 Å². The lowest BCUT2D eigenvalue weighted by atomic mass is 10.0. The van der Waals surface area contributed by atoms with Crippen molar-refractivity contribution in [1.82, 2.24) is 5.32 Å². The minimum Gasteiger partial charge on any atom is -0.481 e. The zero-order valence-corrected chi connectivity index (χ0v) is 17.4. The van der Waals surface area contributed by atoms with E-state index in [2.05, 4.69) is 14.8 Å². The molecule has 0 saturated carbocycles. The molecule has 0 heterocycles. The Kier molecular flexibility index (Phi) is 14.2. The van der Waals surface area contributed by atoms with Crippen molar-refractivity contribution in [2.75, 3.05) is 33.0 Å². The average Bonchev–Trinajstić information content (AvgIpc) is 2.73. The summed E-state index contributed by atoms with van der Waals surface area (Å²) >= 11 is 0. The van der Waals surface area contributed by atoms with E-state index in [1.807, 2.05) is 0 Å². The molecule has 0 aliphatic heterocycles.